The van der Waals surface area contributed by atoms with Crippen molar-refractivity contribution in [3.63, 3.8) is 0 Å². The first kappa shape index (κ1) is 19.8. The van der Waals surface area contributed by atoms with E-state index in [-0.39, 0.29) is 12.1 Å². The van der Waals surface area contributed by atoms with E-state index in [4.69, 9.17) is 4.74 Å². The fourth-order valence-corrected chi connectivity index (χ4v) is 4.19. The lowest BCUT2D eigenvalue weighted by Gasteiger charge is -2.26. The molecule has 1 aromatic heterocycles. The Morgan fingerprint density at radius 1 is 1.37 bits per heavy atom. The lowest BCUT2D eigenvalue weighted by atomic mass is 10.1. The number of nitrogens with zero attached hydrogens (tertiary/aromatic N) is 2. The van der Waals surface area contributed by atoms with Crippen molar-refractivity contribution in [3.05, 3.63) is 51.5 Å². The molecule has 5 nitrogen and oxygen atoms in total. The van der Waals surface area contributed by atoms with Crippen LogP contribution in [0.5, 0.6) is 0 Å². The van der Waals surface area contributed by atoms with Crippen molar-refractivity contribution in [3.8, 4) is 0 Å². The number of nitrogens with one attached hydrogen (secondary N) is 1. The summed E-state index contributed by atoms with van der Waals surface area (Å²) < 4.78 is 5.76. The number of ether oxygens (including phenoxy) is 1. The highest BCUT2D eigenvalue weighted by Gasteiger charge is 2.23. The van der Waals surface area contributed by atoms with E-state index in [1.165, 1.54) is 16.0 Å². The zero-order valence-corrected chi connectivity index (χ0v) is 17.1. The number of carbonyl (C=O) groups excluding carboxylic acids is 1. The molecule has 1 aromatic carbocycles. The molecule has 0 unspecified atom stereocenters. The SMILES string of the molecule is Cc1ccccc1CN(C[C@@H]1CCCO1)C(=O)NCCCc1scnc1C. The van der Waals surface area contributed by atoms with Crippen LogP contribution in [0.1, 0.15) is 41.0 Å². The maximum absolute atomic E-state index is 12.8. The Hall–Kier alpha value is -1.92. The summed E-state index contributed by atoms with van der Waals surface area (Å²) in [5.74, 6) is 0. The van der Waals surface area contributed by atoms with Gasteiger partial charge >= 0.3 is 6.03 Å². The number of hydrogen-bond acceptors (Lipinski definition) is 4. The Morgan fingerprint density at radius 2 is 2.22 bits per heavy atom. The van der Waals surface area contributed by atoms with E-state index in [1.54, 1.807) is 11.3 Å². The minimum Gasteiger partial charge on any atom is -0.376 e. The van der Waals surface area contributed by atoms with Crippen molar-refractivity contribution < 1.29 is 9.53 Å². The van der Waals surface area contributed by atoms with Gasteiger partial charge in [0.2, 0.25) is 0 Å². The molecule has 146 valence electrons. The topological polar surface area (TPSA) is 54.5 Å². The number of rotatable bonds is 8. The van der Waals surface area contributed by atoms with Crippen molar-refractivity contribution >= 4 is 17.4 Å². The lowest BCUT2D eigenvalue weighted by Crippen LogP contribution is -2.43. The second-order valence-corrected chi connectivity index (χ2v) is 8.08. The summed E-state index contributed by atoms with van der Waals surface area (Å²) >= 11 is 1.69. The van der Waals surface area contributed by atoms with Gasteiger partial charge in [-0.05, 0) is 50.7 Å². The first-order valence-electron chi connectivity index (χ1n) is 9.71. The summed E-state index contributed by atoms with van der Waals surface area (Å²) in [5, 5.41) is 3.09. The van der Waals surface area contributed by atoms with Gasteiger partial charge in [-0.1, -0.05) is 24.3 Å². The van der Waals surface area contributed by atoms with Gasteiger partial charge in [0, 0.05) is 31.1 Å². The molecular formula is C21H29N3O2S. The van der Waals surface area contributed by atoms with Gasteiger partial charge in [-0.3, -0.25) is 0 Å². The molecule has 0 bridgehead atoms. The van der Waals surface area contributed by atoms with Crippen LogP contribution in [-0.2, 0) is 17.7 Å². The summed E-state index contributed by atoms with van der Waals surface area (Å²) in [7, 11) is 0. The fourth-order valence-electron chi connectivity index (χ4n) is 3.37. The van der Waals surface area contributed by atoms with E-state index < -0.39 is 0 Å². The zero-order valence-electron chi connectivity index (χ0n) is 16.2. The second kappa shape index (κ2) is 9.85. The minimum absolute atomic E-state index is 0.00483. The summed E-state index contributed by atoms with van der Waals surface area (Å²) in [6.45, 7) is 6.87. The van der Waals surface area contributed by atoms with Crippen LogP contribution in [0, 0.1) is 13.8 Å². The highest BCUT2D eigenvalue weighted by Crippen LogP contribution is 2.17. The monoisotopic (exact) mass is 387 g/mol. The molecule has 1 aliphatic rings. The van der Waals surface area contributed by atoms with Gasteiger partial charge in [0.1, 0.15) is 0 Å². The normalized spacial score (nSPS) is 16.4. The van der Waals surface area contributed by atoms with Gasteiger partial charge < -0.3 is 15.0 Å². The van der Waals surface area contributed by atoms with Crippen LogP contribution in [0.25, 0.3) is 0 Å². The Morgan fingerprint density at radius 3 is 2.93 bits per heavy atom. The number of hydrogen-bond donors (Lipinski definition) is 1. The van der Waals surface area contributed by atoms with Crippen LogP contribution in [-0.4, -0.2) is 41.7 Å². The van der Waals surface area contributed by atoms with Gasteiger partial charge in [0.15, 0.2) is 0 Å². The molecule has 2 amide bonds. The maximum atomic E-state index is 12.8. The van der Waals surface area contributed by atoms with Crippen molar-refractivity contribution in [2.45, 2.75) is 52.2 Å². The summed E-state index contributed by atoms with van der Waals surface area (Å²) in [6.07, 6.45) is 4.15. The van der Waals surface area contributed by atoms with Gasteiger partial charge in [-0.15, -0.1) is 11.3 Å². The average molecular weight is 388 g/mol. The predicted molar refractivity (Wildman–Crippen MR) is 109 cm³/mol. The van der Waals surface area contributed by atoms with E-state index in [2.05, 4.69) is 29.4 Å². The molecule has 1 fully saturated rings. The maximum Gasteiger partial charge on any atom is 0.317 e. The van der Waals surface area contributed by atoms with Gasteiger partial charge in [0.25, 0.3) is 0 Å². The smallest absolute Gasteiger partial charge is 0.317 e. The number of benzene rings is 1. The van der Waals surface area contributed by atoms with Crippen LogP contribution in [0.4, 0.5) is 4.79 Å². The standard InChI is InChI=1S/C21H29N3O2S/c1-16-7-3-4-8-18(16)13-24(14-19-9-6-12-26-19)21(25)22-11-5-10-20-17(2)23-15-27-20/h3-4,7-8,15,19H,5-6,9-14H2,1-2H3,(H,22,25)/t19-/m0/s1. The highest BCUT2D eigenvalue weighted by atomic mass is 32.1. The molecule has 1 N–H and O–H groups in total. The van der Waals surface area contributed by atoms with E-state index >= 15 is 0 Å². The molecule has 2 aromatic rings. The molecule has 3 rings (SSSR count). The van der Waals surface area contributed by atoms with Gasteiger partial charge in [-0.2, -0.15) is 0 Å². The number of carbonyl (C=O) groups is 1. The Labute approximate surface area is 165 Å². The third-order valence-electron chi connectivity index (χ3n) is 5.06. The van der Waals surface area contributed by atoms with Gasteiger partial charge in [0.05, 0.1) is 17.3 Å². The quantitative estimate of drug-likeness (QED) is 0.694. The molecule has 1 saturated heterocycles. The zero-order chi connectivity index (χ0) is 19.1. The third-order valence-corrected chi connectivity index (χ3v) is 6.05. The van der Waals surface area contributed by atoms with E-state index in [9.17, 15) is 4.79 Å². The highest BCUT2D eigenvalue weighted by molar-refractivity contribution is 7.09. The van der Waals surface area contributed by atoms with Crippen molar-refractivity contribution in [1.29, 1.82) is 0 Å². The second-order valence-electron chi connectivity index (χ2n) is 7.14. The number of urea groups is 1. The van der Waals surface area contributed by atoms with Crippen LogP contribution in [0.15, 0.2) is 29.8 Å². The van der Waals surface area contributed by atoms with E-state index in [0.717, 1.165) is 38.0 Å². The Kier molecular flexibility index (Phi) is 7.24. The van der Waals surface area contributed by atoms with E-state index in [1.807, 2.05) is 29.5 Å². The molecular weight excluding hydrogens is 358 g/mol. The molecule has 1 aliphatic heterocycles. The molecule has 0 spiro atoms. The Balaban J connectivity index is 1.54. The third kappa shape index (κ3) is 5.78. The van der Waals surface area contributed by atoms with Crippen LogP contribution >= 0.6 is 11.3 Å². The van der Waals surface area contributed by atoms with Crippen LogP contribution in [0.3, 0.4) is 0 Å². The van der Waals surface area contributed by atoms with Gasteiger partial charge in [-0.25, -0.2) is 9.78 Å². The number of amides is 2. The molecule has 0 saturated carbocycles. The summed E-state index contributed by atoms with van der Waals surface area (Å²) in [6, 6.07) is 8.24. The first-order chi connectivity index (χ1) is 13.1. The molecule has 0 aliphatic carbocycles. The molecule has 6 heteroatoms. The van der Waals surface area contributed by atoms with Crippen LogP contribution < -0.4 is 5.32 Å². The molecule has 1 atom stereocenters. The number of aromatic nitrogens is 1. The fraction of sp³-hybridized carbons (Fsp3) is 0.524. The van der Waals surface area contributed by atoms with E-state index in [0.29, 0.717) is 19.6 Å². The predicted octanol–water partition coefficient (Wildman–Crippen LogP) is 4.08. The van der Waals surface area contributed by atoms with Crippen molar-refractivity contribution in [1.82, 2.24) is 15.2 Å². The van der Waals surface area contributed by atoms with Crippen molar-refractivity contribution in [2.24, 2.45) is 0 Å². The summed E-state index contributed by atoms with van der Waals surface area (Å²) in [4.78, 5) is 20.3. The molecule has 2 heterocycles. The summed E-state index contributed by atoms with van der Waals surface area (Å²) in [5.41, 5.74) is 5.38. The number of aryl methyl sites for hydroxylation is 3. The molecule has 27 heavy (non-hydrogen) atoms. The lowest BCUT2D eigenvalue weighted by molar-refractivity contribution is 0.0794. The largest absolute Gasteiger partial charge is 0.376 e. The Bertz CT molecular complexity index is 741. The first-order valence-corrected chi connectivity index (χ1v) is 10.6. The van der Waals surface area contributed by atoms with Crippen LogP contribution in [0.2, 0.25) is 0 Å². The minimum atomic E-state index is -0.00483. The number of thiazole rings is 1. The average Bonchev–Trinajstić information content (AvgIpc) is 3.31. The molecule has 0 radical (unpaired) electrons. The van der Waals surface area contributed by atoms with Crippen molar-refractivity contribution in [2.75, 3.05) is 19.7 Å².